The molecule has 2 N–H and O–H groups in total. The maximum Gasteiger partial charge on any atom is 0.128 e. The standard InChI is InChI=1S/C15H14ClF2NO/c1-9-2-3-10(16)6-15(9)20-8-14(19)12-7-11(17)4-5-13(12)18/h2-7,14H,8,19H2,1H3. The molecular weight excluding hydrogens is 284 g/mol. The summed E-state index contributed by atoms with van der Waals surface area (Å²) in [5.41, 5.74) is 6.81. The van der Waals surface area contributed by atoms with Crippen molar-refractivity contribution >= 4 is 11.6 Å². The Kier molecular flexibility index (Phi) is 4.57. The number of aryl methyl sites for hydroxylation is 1. The summed E-state index contributed by atoms with van der Waals surface area (Å²) in [4.78, 5) is 0. The van der Waals surface area contributed by atoms with Gasteiger partial charge in [-0.05, 0) is 42.8 Å². The molecule has 0 aromatic heterocycles. The summed E-state index contributed by atoms with van der Waals surface area (Å²) in [7, 11) is 0. The van der Waals surface area contributed by atoms with Gasteiger partial charge in [0.25, 0.3) is 0 Å². The Labute approximate surface area is 121 Å². The van der Waals surface area contributed by atoms with Gasteiger partial charge in [-0.3, -0.25) is 0 Å². The van der Waals surface area contributed by atoms with Crippen LogP contribution < -0.4 is 10.5 Å². The van der Waals surface area contributed by atoms with Crippen LogP contribution in [0.4, 0.5) is 8.78 Å². The minimum Gasteiger partial charge on any atom is -0.491 e. The van der Waals surface area contributed by atoms with Crippen LogP contribution in [-0.4, -0.2) is 6.61 Å². The predicted octanol–water partition coefficient (Wildman–Crippen LogP) is 4.01. The number of benzene rings is 2. The van der Waals surface area contributed by atoms with Crippen LogP contribution in [0.3, 0.4) is 0 Å². The Morgan fingerprint density at radius 3 is 2.70 bits per heavy atom. The number of nitrogens with two attached hydrogens (primary N) is 1. The van der Waals surface area contributed by atoms with E-state index in [-0.39, 0.29) is 12.2 Å². The van der Waals surface area contributed by atoms with Gasteiger partial charge in [0.2, 0.25) is 0 Å². The molecule has 0 heterocycles. The number of ether oxygens (including phenoxy) is 1. The van der Waals surface area contributed by atoms with Crippen molar-refractivity contribution in [1.82, 2.24) is 0 Å². The van der Waals surface area contributed by atoms with Crippen molar-refractivity contribution in [2.45, 2.75) is 13.0 Å². The number of hydrogen-bond donors (Lipinski definition) is 1. The first-order valence-electron chi connectivity index (χ1n) is 6.07. The molecule has 0 aliphatic carbocycles. The van der Waals surface area contributed by atoms with Crippen LogP contribution in [0.2, 0.25) is 5.02 Å². The van der Waals surface area contributed by atoms with Crippen molar-refractivity contribution in [1.29, 1.82) is 0 Å². The summed E-state index contributed by atoms with van der Waals surface area (Å²) in [6, 6.07) is 7.63. The zero-order valence-electron chi connectivity index (χ0n) is 10.9. The molecule has 0 saturated heterocycles. The van der Waals surface area contributed by atoms with E-state index in [9.17, 15) is 8.78 Å². The van der Waals surface area contributed by atoms with Crippen molar-refractivity contribution in [3.05, 3.63) is 64.2 Å². The molecule has 0 aliphatic rings. The highest BCUT2D eigenvalue weighted by Gasteiger charge is 2.14. The second kappa shape index (κ2) is 6.20. The molecule has 2 aromatic rings. The van der Waals surface area contributed by atoms with E-state index in [0.29, 0.717) is 10.8 Å². The number of halogens is 3. The molecule has 1 unspecified atom stereocenters. The highest BCUT2D eigenvalue weighted by atomic mass is 35.5. The van der Waals surface area contributed by atoms with Crippen LogP contribution in [0.15, 0.2) is 36.4 Å². The van der Waals surface area contributed by atoms with Crippen LogP contribution in [0.5, 0.6) is 5.75 Å². The second-order valence-corrected chi connectivity index (χ2v) is 4.93. The van der Waals surface area contributed by atoms with Gasteiger partial charge in [-0.1, -0.05) is 17.7 Å². The van der Waals surface area contributed by atoms with Crippen LogP contribution >= 0.6 is 11.6 Å². The fraction of sp³-hybridized carbons (Fsp3) is 0.200. The SMILES string of the molecule is Cc1ccc(Cl)cc1OCC(N)c1cc(F)ccc1F. The van der Waals surface area contributed by atoms with Gasteiger partial charge in [-0.2, -0.15) is 0 Å². The van der Waals surface area contributed by atoms with E-state index in [1.165, 1.54) is 0 Å². The Balaban J connectivity index is 2.10. The molecule has 106 valence electrons. The summed E-state index contributed by atoms with van der Waals surface area (Å²) in [5.74, 6) is -0.508. The van der Waals surface area contributed by atoms with E-state index in [2.05, 4.69) is 0 Å². The molecule has 0 saturated carbocycles. The van der Waals surface area contributed by atoms with Gasteiger partial charge in [0, 0.05) is 10.6 Å². The third-order valence-electron chi connectivity index (χ3n) is 2.93. The third-order valence-corrected chi connectivity index (χ3v) is 3.16. The zero-order chi connectivity index (χ0) is 14.7. The lowest BCUT2D eigenvalue weighted by atomic mass is 10.1. The lowest BCUT2D eigenvalue weighted by molar-refractivity contribution is 0.285. The number of hydrogen-bond acceptors (Lipinski definition) is 2. The molecule has 0 aliphatic heterocycles. The molecule has 0 amide bonds. The maximum atomic E-state index is 13.6. The molecular formula is C15H14ClF2NO. The maximum absolute atomic E-state index is 13.6. The Morgan fingerprint density at radius 1 is 1.20 bits per heavy atom. The van der Waals surface area contributed by atoms with Gasteiger partial charge in [-0.15, -0.1) is 0 Å². The van der Waals surface area contributed by atoms with E-state index >= 15 is 0 Å². The monoisotopic (exact) mass is 297 g/mol. The van der Waals surface area contributed by atoms with Gasteiger partial charge < -0.3 is 10.5 Å². The normalized spacial score (nSPS) is 12.2. The van der Waals surface area contributed by atoms with Gasteiger partial charge >= 0.3 is 0 Å². The van der Waals surface area contributed by atoms with Crippen molar-refractivity contribution in [2.75, 3.05) is 6.61 Å². The largest absolute Gasteiger partial charge is 0.491 e. The summed E-state index contributed by atoms with van der Waals surface area (Å²) >= 11 is 5.87. The summed E-state index contributed by atoms with van der Waals surface area (Å²) < 4.78 is 32.2. The Hall–Kier alpha value is -1.65. The highest BCUT2D eigenvalue weighted by Crippen LogP contribution is 2.24. The first-order valence-corrected chi connectivity index (χ1v) is 6.44. The third kappa shape index (κ3) is 3.46. The molecule has 0 radical (unpaired) electrons. The van der Waals surface area contributed by atoms with Gasteiger partial charge in [0.15, 0.2) is 0 Å². The van der Waals surface area contributed by atoms with Gasteiger partial charge in [-0.25, -0.2) is 8.78 Å². The van der Waals surface area contributed by atoms with E-state index in [4.69, 9.17) is 22.1 Å². The summed E-state index contributed by atoms with van der Waals surface area (Å²) in [6.07, 6.45) is 0. The van der Waals surface area contributed by atoms with Crippen molar-refractivity contribution in [3.8, 4) is 5.75 Å². The minimum atomic E-state index is -0.760. The molecule has 0 spiro atoms. The van der Waals surface area contributed by atoms with Crippen molar-refractivity contribution in [2.24, 2.45) is 5.73 Å². The first-order chi connectivity index (χ1) is 9.47. The average Bonchev–Trinajstić information content (AvgIpc) is 2.42. The predicted molar refractivity (Wildman–Crippen MR) is 75.0 cm³/mol. The van der Waals surface area contributed by atoms with Crippen LogP contribution in [-0.2, 0) is 0 Å². The van der Waals surface area contributed by atoms with Gasteiger partial charge in [0.1, 0.15) is 24.0 Å². The summed E-state index contributed by atoms with van der Waals surface area (Å²) in [5, 5.41) is 0.538. The fourth-order valence-corrected chi connectivity index (χ4v) is 1.96. The van der Waals surface area contributed by atoms with Crippen molar-refractivity contribution in [3.63, 3.8) is 0 Å². The van der Waals surface area contributed by atoms with Gasteiger partial charge in [0.05, 0.1) is 6.04 Å². The second-order valence-electron chi connectivity index (χ2n) is 4.49. The van der Waals surface area contributed by atoms with E-state index in [0.717, 1.165) is 23.8 Å². The summed E-state index contributed by atoms with van der Waals surface area (Å²) in [6.45, 7) is 1.89. The fourth-order valence-electron chi connectivity index (χ4n) is 1.80. The van der Waals surface area contributed by atoms with Crippen molar-refractivity contribution < 1.29 is 13.5 Å². The quantitative estimate of drug-likeness (QED) is 0.925. The van der Waals surface area contributed by atoms with E-state index < -0.39 is 17.7 Å². The van der Waals surface area contributed by atoms with Crippen LogP contribution in [0.25, 0.3) is 0 Å². The smallest absolute Gasteiger partial charge is 0.128 e. The molecule has 2 rings (SSSR count). The van der Waals surface area contributed by atoms with E-state index in [1.54, 1.807) is 12.1 Å². The molecule has 0 bridgehead atoms. The average molecular weight is 298 g/mol. The Morgan fingerprint density at radius 2 is 1.95 bits per heavy atom. The van der Waals surface area contributed by atoms with Crippen LogP contribution in [0.1, 0.15) is 17.2 Å². The molecule has 2 aromatic carbocycles. The highest BCUT2D eigenvalue weighted by molar-refractivity contribution is 6.30. The minimum absolute atomic E-state index is 0.0293. The number of rotatable bonds is 4. The Bertz CT molecular complexity index is 619. The zero-order valence-corrected chi connectivity index (χ0v) is 11.6. The lowest BCUT2D eigenvalue weighted by Gasteiger charge is -2.16. The molecule has 2 nitrogen and oxygen atoms in total. The topological polar surface area (TPSA) is 35.2 Å². The molecule has 1 atom stereocenters. The lowest BCUT2D eigenvalue weighted by Crippen LogP contribution is -2.20. The van der Waals surface area contributed by atoms with Crippen LogP contribution in [0, 0.1) is 18.6 Å². The molecule has 5 heteroatoms. The van der Waals surface area contributed by atoms with E-state index in [1.807, 2.05) is 13.0 Å². The molecule has 20 heavy (non-hydrogen) atoms. The first kappa shape index (κ1) is 14.8. The molecule has 0 fully saturated rings.